The van der Waals surface area contributed by atoms with Gasteiger partial charge in [0.2, 0.25) is 5.91 Å². The Bertz CT molecular complexity index is 840. The predicted molar refractivity (Wildman–Crippen MR) is 84.9 cm³/mol. The fourth-order valence-corrected chi connectivity index (χ4v) is 2.63. The number of thioether (sulfide) groups is 1. The molecule has 1 aromatic heterocycles. The summed E-state index contributed by atoms with van der Waals surface area (Å²) in [5.74, 6) is -1.61. The maximum absolute atomic E-state index is 13.5. The average molecular weight is 347 g/mol. The van der Waals surface area contributed by atoms with Gasteiger partial charge in [0.25, 0.3) is 0 Å². The van der Waals surface area contributed by atoms with Crippen LogP contribution in [0.15, 0.2) is 53.7 Å². The summed E-state index contributed by atoms with van der Waals surface area (Å²) in [6.45, 7) is 0. The van der Waals surface area contributed by atoms with E-state index in [4.69, 9.17) is 0 Å². The molecule has 1 amide bonds. The zero-order chi connectivity index (χ0) is 16.9. The lowest BCUT2D eigenvalue weighted by Gasteiger charge is -2.07. The van der Waals surface area contributed by atoms with Gasteiger partial charge in [0.05, 0.1) is 11.4 Å². The van der Waals surface area contributed by atoms with Gasteiger partial charge < -0.3 is 5.32 Å². The first-order chi connectivity index (χ1) is 11.6. The Hall–Kier alpha value is -2.81. The molecule has 0 bridgehead atoms. The number of carbonyl (C=O) groups excluding carboxylic acids is 1. The van der Waals surface area contributed by atoms with E-state index in [1.807, 2.05) is 0 Å². The molecule has 2 aromatic carbocycles. The number of nitrogens with zero attached hydrogens (tertiary/aromatic N) is 4. The molecule has 9 heteroatoms. The Labute approximate surface area is 139 Å². The molecule has 122 valence electrons. The molecular formula is C15H11F2N5OS. The van der Waals surface area contributed by atoms with E-state index in [0.29, 0.717) is 5.69 Å². The molecule has 1 N–H and O–H groups in total. The topological polar surface area (TPSA) is 72.7 Å². The van der Waals surface area contributed by atoms with Gasteiger partial charge in [-0.2, -0.15) is 0 Å². The summed E-state index contributed by atoms with van der Waals surface area (Å²) in [5.41, 5.74) is 1.35. The standard InChI is InChI=1S/C15H11F2N5OS/c16-10-1-6-14(13(17)7-10)24-8-15(23)19-11-2-4-12(5-3-11)22-9-18-20-21-22/h1-7,9H,8H2,(H,19,23). The monoisotopic (exact) mass is 347 g/mol. The van der Waals surface area contributed by atoms with Crippen LogP contribution in [0.25, 0.3) is 5.69 Å². The maximum atomic E-state index is 13.5. The lowest BCUT2D eigenvalue weighted by Crippen LogP contribution is -2.14. The number of rotatable bonds is 5. The van der Waals surface area contributed by atoms with Crippen molar-refractivity contribution in [3.8, 4) is 5.69 Å². The Morgan fingerprint density at radius 3 is 2.62 bits per heavy atom. The van der Waals surface area contributed by atoms with Crippen LogP contribution in [0.4, 0.5) is 14.5 Å². The fourth-order valence-electron chi connectivity index (χ4n) is 1.91. The quantitative estimate of drug-likeness (QED) is 0.719. The summed E-state index contributed by atoms with van der Waals surface area (Å²) < 4.78 is 27.8. The molecule has 0 radical (unpaired) electrons. The molecule has 3 aromatic rings. The van der Waals surface area contributed by atoms with Gasteiger partial charge in [-0.1, -0.05) is 0 Å². The highest BCUT2D eigenvalue weighted by atomic mass is 32.2. The van der Waals surface area contributed by atoms with E-state index in [1.54, 1.807) is 24.3 Å². The second kappa shape index (κ2) is 7.18. The first-order valence-electron chi connectivity index (χ1n) is 6.83. The minimum absolute atomic E-state index is 0.0112. The Balaban J connectivity index is 1.56. The number of benzene rings is 2. The third-order valence-corrected chi connectivity index (χ3v) is 4.07. The summed E-state index contributed by atoms with van der Waals surface area (Å²) in [5, 5.41) is 13.5. The third kappa shape index (κ3) is 3.93. The zero-order valence-electron chi connectivity index (χ0n) is 12.2. The van der Waals surface area contributed by atoms with Crippen molar-refractivity contribution < 1.29 is 13.6 Å². The van der Waals surface area contributed by atoms with Crippen molar-refractivity contribution in [2.75, 3.05) is 11.1 Å². The molecule has 0 aliphatic heterocycles. The molecule has 0 aliphatic rings. The second-order valence-corrected chi connectivity index (χ2v) is 5.73. The second-order valence-electron chi connectivity index (χ2n) is 4.71. The minimum atomic E-state index is -0.682. The number of hydrogen-bond acceptors (Lipinski definition) is 5. The van der Waals surface area contributed by atoms with Gasteiger partial charge >= 0.3 is 0 Å². The molecule has 0 spiro atoms. The number of hydrogen-bond donors (Lipinski definition) is 1. The third-order valence-electron chi connectivity index (χ3n) is 3.02. The molecule has 0 fully saturated rings. The number of halogens is 2. The minimum Gasteiger partial charge on any atom is -0.325 e. The van der Waals surface area contributed by atoms with E-state index in [-0.39, 0.29) is 16.6 Å². The molecule has 1 heterocycles. The fraction of sp³-hybridized carbons (Fsp3) is 0.0667. The largest absolute Gasteiger partial charge is 0.325 e. The SMILES string of the molecule is O=C(CSc1ccc(F)cc1F)Nc1ccc(-n2cnnn2)cc1. The van der Waals surface area contributed by atoms with Crippen molar-refractivity contribution in [2.24, 2.45) is 0 Å². The van der Waals surface area contributed by atoms with Crippen LogP contribution in [0, 0.1) is 11.6 Å². The summed E-state index contributed by atoms with van der Waals surface area (Å²) >= 11 is 1.000. The first kappa shape index (κ1) is 16.1. The Morgan fingerprint density at radius 1 is 1.17 bits per heavy atom. The number of anilines is 1. The van der Waals surface area contributed by atoms with Crippen LogP contribution >= 0.6 is 11.8 Å². The number of tetrazole rings is 1. The number of nitrogens with one attached hydrogen (secondary N) is 1. The normalized spacial score (nSPS) is 10.6. The van der Waals surface area contributed by atoms with E-state index in [2.05, 4.69) is 20.8 Å². The van der Waals surface area contributed by atoms with E-state index >= 15 is 0 Å². The zero-order valence-corrected chi connectivity index (χ0v) is 13.0. The molecule has 24 heavy (non-hydrogen) atoms. The lowest BCUT2D eigenvalue weighted by atomic mass is 10.3. The van der Waals surface area contributed by atoms with Crippen LogP contribution in [-0.2, 0) is 4.79 Å². The molecule has 0 saturated carbocycles. The van der Waals surface area contributed by atoms with E-state index in [1.165, 1.54) is 17.1 Å². The van der Waals surface area contributed by atoms with Gasteiger partial charge in [0.1, 0.15) is 18.0 Å². The molecule has 6 nitrogen and oxygen atoms in total. The van der Waals surface area contributed by atoms with Crippen molar-refractivity contribution in [3.63, 3.8) is 0 Å². The predicted octanol–water partition coefficient (Wildman–Crippen LogP) is 2.67. The number of carbonyl (C=O) groups is 1. The molecule has 0 saturated heterocycles. The molecule has 0 unspecified atom stereocenters. The highest BCUT2D eigenvalue weighted by molar-refractivity contribution is 8.00. The first-order valence-corrected chi connectivity index (χ1v) is 7.81. The van der Waals surface area contributed by atoms with Crippen molar-refractivity contribution in [1.82, 2.24) is 20.2 Å². The van der Waals surface area contributed by atoms with Crippen molar-refractivity contribution in [2.45, 2.75) is 4.90 Å². The lowest BCUT2D eigenvalue weighted by molar-refractivity contribution is -0.113. The van der Waals surface area contributed by atoms with Crippen molar-refractivity contribution in [3.05, 3.63) is 60.4 Å². The molecule has 0 atom stereocenters. The van der Waals surface area contributed by atoms with Crippen molar-refractivity contribution >= 4 is 23.4 Å². The van der Waals surface area contributed by atoms with Crippen LogP contribution in [0.3, 0.4) is 0 Å². The smallest absolute Gasteiger partial charge is 0.234 e. The van der Waals surface area contributed by atoms with Crippen LogP contribution in [-0.4, -0.2) is 31.9 Å². The van der Waals surface area contributed by atoms with Gasteiger partial charge in [-0.25, -0.2) is 13.5 Å². The van der Waals surface area contributed by atoms with Crippen molar-refractivity contribution in [1.29, 1.82) is 0 Å². The van der Waals surface area contributed by atoms with Gasteiger partial charge in [-0.3, -0.25) is 4.79 Å². The van der Waals surface area contributed by atoms with Crippen LogP contribution in [0.1, 0.15) is 0 Å². The number of amides is 1. The van der Waals surface area contributed by atoms with E-state index in [0.717, 1.165) is 29.6 Å². The van der Waals surface area contributed by atoms with Crippen LogP contribution in [0.2, 0.25) is 0 Å². The summed E-state index contributed by atoms with van der Waals surface area (Å²) in [6.07, 6.45) is 1.46. The Morgan fingerprint density at radius 2 is 1.96 bits per heavy atom. The highest BCUT2D eigenvalue weighted by Gasteiger charge is 2.08. The Kier molecular flexibility index (Phi) is 4.80. The summed E-state index contributed by atoms with van der Waals surface area (Å²) in [7, 11) is 0. The van der Waals surface area contributed by atoms with Gasteiger partial charge in [-0.15, -0.1) is 16.9 Å². The van der Waals surface area contributed by atoms with Crippen LogP contribution in [0.5, 0.6) is 0 Å². The van der Waals surface area contributed by atoms with Gasteiger partial charge in [-0.05, 0) is 46.8 Å². The average Bonchev–Trinajstić information content (AvgIpc) is 3.09. The summed E-state index contributed by atoms with van der Waals surface area (Å²) in [6, 6.07) is 10.2. The highest BCUT2D eigenvalue weighted by Crippen LogP contribution is 2.22. The van der Waals surface area contributed by atoms with Crippen LogP contribution < -0.4 is 5.32 Å². The van der Waals surface area contributed by atoms with E-state index in [9.17, 15) is 13.6 Å². The molecule has 0 aliphatic carbocycles. The van der Waals surface area contributed by atoms with Gasteiger partial charge in [0.15, 0.2) is 0 Å². The summed E-state index contributed by atoms with van der Waals surface area (Å²) in [4.78, 5) is 12.1. The molecule has 3 rings (SSSR count). The van der Waals surface area contributed by atoms with E-state index < -0.39 is 11.6 Å². The number of aromatic nitrogens is 4. The maximum Gasteiger partial charge on any atom is 0.234 e. The molecular weight excluding hydrogens is 336 g/mol. The van der Waals surface area contributed by atoms with Gasteiger partial charge in [0, 0.05) is 16.6 Å².